The van der Waals surface area contributed by atoms with E-state index in [0.29, 0.717) is 12.1 Å². The van der Waals surface area contributed by atoms with E-state index in [-0.39, 0.29) is 5.91 Å². The minimum atomic E-state index is -0.00899. The standard InChI is InChI=1S/C20H28N4O/c1-15-8-11-23(12-9-15)13-10-21-20(25)18-4-6-19(7-5-18)24-17(3)14-16(2)22-24/h4-7,14-15H,8-13H2,1-3H3,(H,21,25). The van der Waals surface area contributed by atoms with Crippen LogP contribution in [-0.2, 0) is 0 Å². The lowest BCUT2D eigenvalue weighted by atomic mass is 9.99. The van der Waals surface area contributed by atoms with Crippen LogP contribution < -0.4 is 5.32 Å². The summed E-state index contributed by atoms with van der Waals surface area (Å²) in [6.07, 6.45) is 2.53. The predicted octanol–water partition coefficient (Wildman–Crippen LogP) is 2.95. The molecule has 1 aliphatic heterocycles. The van der Waals surface area contributed by atoms with Crippen molar-refractivity contribution < 1.29 is 4.79 Å². The summed E-state index contributed by atoms with van der Waals surface area (Å²) in [4.78, 5) is 14.7. The molecule has 1 N–H and O–H groups in total. The molecule has 0 atom stereocenters. The van der Waals surface area contributed by atoms with Crippen LogP contribution in [0, 0.1) is 19.8 Å². The molecule has 2 aromatic rings. The Morgan fingerprint density at radius 1 is 1.20 bits per heavy atom. The van der Waals surface area contributed by atoms with Crippen LogP contribution in [0.1, 0.15) is 41.5 Å². The summed E-state index contributed by atoms with van der Waals surface area (Å²) in [5.41, 5.74) is 3.75. The number of aromatic nitrogens is 2. The van der Waals surface area contributed by atoms with Gasteiger partial charge in [-0.15, -0.1) is 0 Å². The molecule has 1 aromatic heterocycles. The van der Waals surface area contributed by atoms with E-state index < -0.39 is 0 Å². The molecule has 1 fully saturated rings. The molecule has 0 spiro atoms. The van der Waals surface area contributed by atoms with Crippen LogP contribution in [0.5, 0.6) is 0 Å². The number of hydrogen-bond donors (Lipinski definition) is 1. The Labute approximate surface area is 150 Å². The van der Waals surface area contributed by atoms with Gasteiger partial charge in [0.15, 0.2) is 0 Å². The lowest BCUT2D eigenvalue weighted by molar-refractivity contribution is 0.0944. The number of carbonyl (C=O) groups is 1. The molecule has 1 aliphatic rings. The van der Waals surface area contributed by atoms with Gasteiger partial charge in [-0.05, 0) is 76.0 Å². The summed E-state index contributed by atoms with van der Waals surface area (Å²) in [5, 5.41) is 7.50. The third-order valence-electron chi connectivity index (χ3n) is 4.97. The van der Waals surface area contributed by atoms with Crippen LogP contribution >= 0.6 is 0 Å². The normalized spacial score (nSPS) is 16.1. The molecule has 5 heteroatoms. The highest BCUT2D eigenvalue weighted by molar-refractivity contribution is 5.94. The molecule has 1 saturated heterocycles. The molecule has 1 aromatic carbocycles. The van der Waals surface area contributed by atoms with Crippen molar-refractivity contribution in [3.8, 4) is 5.69 Å². The van der Waals surface area contributed by atoms with Gasteiger partial charge in [0, 0.05) is 24.3 Å². The van der Waals surface area contributed by atoms with Gasteiger partial charge in [0.1, 0.15) is 0 Å². The SMILES string of the molecule is Cc1cc(C)n(-c2ccc(C(=O)NCCN3CCC(C)CC3)cc2)n1. The van der Waals surface area contributed by atoms with Crippen molar-refractivity contribution in [2.75, 3.05) is 26.2 Å². The van der Waals surface area contributed by atoms with Crippen LogP contribution in [0.2, 0.25) is 0 Å². The number of piperidine rings is 1. The van der Waals surface area contributed by atoms with Gasteiger partial charge in [-0.25, -0.2) is 4.68 Å². The quantitative estimate of drug-likeness (QED) is 0.910. The van der Waals surface area contributed by atoms with Gasteiger partial charge in [-0.1, -0.05) is 6.92 Å². The molecule has 3 rings (SSSR count). The number of nitrogens with zero attached hydrogens (tertiary/aromatic N) is 3. The highest BCUT2D eigenvalue weighted by Gasteiger charge is 2.15. The number of amides is 1. The molecule has 0 saturated carbocycles. The molecule has 25 heavy (non-hydrogen) atoms. The Kier molecular flexibility index (Phi) is 5.53. The van der Waals surface area contributed by atoms with Crippen molar-refractivity contribution in [3.63, 3.8) is 0 Å². The number of aryl methyl sites for hydroxylation is 2. The van der Waals surface area contributed by atoms with Crippen molar-refractivity contribution in [2.24, 2.45) is 5.92 Å². The Morgan fingerprint density at radius 2 is 1.88 bits per heavy atom. The molecule has 5 nitrogen and oxygen atoms in total. The Bertz CT molecular complexity index is 712. The summed E-state index contributed by atoms with van der Waals surface area (Å²) in [6, 6.07) is 9.66. The number of nitrogens with one attached hydrogen (secondary N) is 1. The number of hydrogen-bond acceptors (Lipinski definition) is 3. The van der Waals surface area contributed by atoms with Gasteiger partial charge in [0.05, 0.1) is 11.4 Å². The van der Waals surface area contributed by atoms with Crippen LogP contribution in [0.4, 0.5) is 0 Å². The van der Waals surface area contributed by atoms with E-state index in [1.165, 1.54) is 12.8 Å². The van der Waals surface area contributed by atoms with Crippen LogP contribution in [0.25, 0.3) is 5.69 Å². The predicted molar refractivity (Wildman–Crippen MR) is 100 cm³/mol. The number of carbonyl (C=O) groups excluding carboxylic acids is 1. The summed E-state index contributed by atoms with van der Waals surface area (Å²) in [6.45, 7) is 10.3. The van der Waals surface area contributed by atoms with Crippen molar-refractivity contribution in [1.29, 1.82) is 0 Å². The van der Waals surface area contributed by atoms with Crippen LogP contribution in [-0.4, -0.2) is 46.8 Å². The molecule has 0 radical (unpaired) electrons. The fourth-order valence-corrected chi connectivity index (χ4v) is 3.36. The average molecular weight is 340 g/mol. The van der Waals surface area contributed by atoms with Crippen LogP contribution in [0.15, 0.2) is 30.3 Å². The molecular weight excluding hydrogens is 312 g/mol. The second-order valence-corrected chi connectivity index (χ2v) is 7.17. The van der Waals surface area contributed by atoms with E-state index in [1.54, 1.807) is 0 Å². The topological polar surface area (TPSA) is 50.2 Å². The van der Waals surface area contributed by atoms with Crippen molar-refractivity contribution >= 4 is 5.91 Å². The Morgan fingerprint density at radius 3 is 2.48 bits per heavy atom. The first-order valence-corrected chi connectivity index (χ1v) is 9.17. The largest absolute Gasteiger partial charge is 0.351 e. The average Bonchev–Trinajstić information content (AvgIpc) is 2.95. The molecular formula is C20H28N4O. The van der Waals surface area contributed by atoms with Gasteiger partial charge < -0.3 is 10.2 Å². The zero-order valence-corrected chi connectivity index (χ0v) is 15.5. The highest BCUT2D eigenvalue weighted by Crippen LogP contribution is 2.15. The summed E-state index contributed by atoms with van der Waals surface area (Å²) >= 11 is 0. The third-order valence-corrected chi connectivity index (χ3v) is 4.97. The van der Waals surface area contributed by atoms with E-state index in [0.717, 1.165) is 42.6 Å². The second-order valence-electron chi connectivity index (χ2n) is 7.17. The van der Waals surface area contributed by atoms with E-state index >= 15 is 0 Å². The number of rotatable bonds is 5. The highest BCUT2D eigenvalue weighted by atomic mass is 16.1. The summed E-state index contributed by atoms with van der Waals surface area (Å²) < 4.78 is 1.90. The fraction of sp³-hybridized carbons (Fsp3) is 0.500. The first kappa shape index (κ1) is 17.7. The molecule has 0 bridgehead atoms. The van der Waals surface area contributed by atoms with E-state index in [4.69, 9.17) is 0 Å². The third kappa shape index (κ3) is 4.48. The monoisotopic (exact) mass is 340 g/mol. The molecule has 134 valence electrons. The summed E-state index contributed by atoms with van der Waals surface area (Å²) in [7, 11) is 0. The second kappa shape index (κ2) is 7.83. The lowest BCUT2D eigenvalue weighted by Gasteiger charge is -2.30. The molecule has 0 unspecified atom stereocenters. The first-order valence-electron chi connectivity index (χ1n) is 9.17. The zero-order chi connectivity index (χ0) is 17.8. The van der Waals surface area contributed by atoms with Crippen molar-refractivity contribution in [1.82, 2.24) is 20.0 Å². The molecule has 1 amide bonds. The van der Waals surface area contributed by atoms with Gasteiger partial charge in [-0.3, -0.25) is 4.79 Å². The maximum absolute atomic E-state index is 12.3. The van der Waals surface area contributed by atoms with E-state index in [1.807, 2.05) is 48.9 Å². The van der Waals surface area contributed by atoms with Gasteiger partial charge in [-0.2, -0.15) is 5.10 Å². The van der Waals surface area contributed by atoms with Crippen molar-refractivity contribution in [3.05, 3.63) is 47.3 Å². The summed E-state index contributed by atoms with van der Waals surface area (Å²) in [5.74, 6) is 0.830. The number of likely N-dealkylation sites (tertiary alicyclic amines) is 1. The Hall–Kier alpha value is -2.14. The minimum Gasteiger partial charge on any atom is -0.351 e. The van der Waals surface area contributed by atoms with Gasteiger partial charge in [0.25, 0.3) is 5.91 Å². The fourth-order valence-electron chi connectivity index (χ4n) is 3.36. The maximum Gasteiger partial charge on any atom is 0.251 e. The first-order chi connectivity index (χ1) is 12.0. The Balaban J connectivity index is 1.51. The van der Waals surface area contributed by atoms with E-state index in [2.05, 4.69) is 22.2 Å². The smallest absolute Gasteiger partial charge is 0.251 e. The zero-order valence-electron chi connectivity index (χ0n) is 15.5. The van der Waals surface area contributed by atoms with Crippen molar-refractivity contribution in [2.45, 2.75) is 33.6 Å². The van der Waals surface area contributed by atoms with E-state index in [9.17, 15) is 4.79 Å². The maximum atomic E-state index is 12.3. The minimum absolute atomic E-state index is 0.00899. The molecule has 0 aliphatic carbocycles. The number of benzene rings is 1. The van der Waals surface area contributed by atoms with Gasteiger partial charge in [0.2, 0.25) is 0 Å². The molecule has 2 heterocycles. The van der Waals surface area contributed by atoms with Crippen LogP contribution in [0.3, 0.4) is 0 Å². The van der Waals surface area contributed by atoms with Gasteiger partial charge >= 0.3 is 0 Å². The lowest BCUT2D eigenvalue weighted by Crippen LogP contribution is -2.39.